The van der Waals surface area contributed by atoms with E-state index in [2.05, 4.69) is 0 Å². The molecule has 1 aliphatic rings. The number of carbonyl (C=O) groups is 2. The molecule has 0 aliphatic carbocycles. The summed E-state index contributed by atoms with van der Waals surface area (Å²) in [4.78, 5) is 24.3. The van der Waals surface area contributed by atoms with Crippen LogP contribution in [0.25, 0.3) is 0 Å². The first-order valence-electron chi connectivity index (χ1n) is 5.00. The van der Waals surface area contributed by atoms with Crippen LogP contribution >= 0.6 is 11.8 Å². The molecule has 1 unspecified atom stereocenters. The van der Waals surface area contributed by atoms with E-state index in [1.165, 1.54) is 40.9 Å². The fourth-order valence-electron chi connectivity index (χ4n) is 1.62. The third kappa shape index (κ3) is 2.36. The van der Waals surface area contributed by atoms with E-state index in [1.54, 1.807) is 0 Å². The van der Waals surface area contributed by atoms with Crippen molar-refractivity contribution < 1.29 is 19.8 Å². The number of phenolic OH excluding ortho intramolecular Hbond substituents is 1. The zero-order chi connectivity index (χ0) is 12.4. The normalized spacial score (nSPS) is 19.3. The first-order valence-corrected chi connectivity index (χ1v) is 6.15. The van der Waals surface area contributed by atoms with Gasteiger partial charge in [0.15, 0.2) is 0 Å². The number of phenols is 1. The van der Waals surface area contributed by atoms with Crippen LogP contribution in [0, 0.1) is 0 Å². The molecule has 2 rings (SSSR count). The molecule has 1 aliphatic heterocycles. The van der Waals surface area contributed by atoms with Crippen LogP contribution in [0.15, 0.2) is 24.3 Å². The third-order valence-electron chi connectivity index (χ3n) is 2.54. The van der Waals surface area contributed by atoms with Gasteiger partial charge in [0, 0.05) is 11.3 Å². The highest BCUT2D eigenvalue weighted by Gasteiger charge is 2.34. The third-order valence-corrected chi connectivity index (χ3v) is 3.55. The SMILES string of the molecule is O=C(O)C1CSCN1C(=O)c1ccc(O)cc1. The summed E-state index contributed by atoms with van der Waals surface area (Å²) in [5, 5.41) is 18.1. The number of hydrogen-bond donors (Lipinski definition) is 2. The van der Waals surface area contributed by atoms with Crippen LogP contribution in [0.5, 0.6) is 5.75 Å². The van der Waals surface area contributed by atoms with Gasteiger partial charge in [-0.1, -0.05) is 0 Å². The maximum atomic E-state index is 12.0. The van der Waals surface area contributed by atoms with Gasteiger partial charge in [0.1, 0.15) is 11.8 Å². The van der Waals surface area contributed by atoms with Crippen molar-refractivity contribution in [2.75, 3.05) is 11.6 Å². The predicted octanol–water partition coefficient (Wildman–Crippen LogP) is 0.992. The zero-order valence-corrected chi connectivity index (χ0v) is 9.68. The molecule has 0 saturated carbocycles. The second-order valence-corrected chi connectivity index (χ2v) is 4.68. The zero-order valence-electron chi connectivity index (χ0n) is 8.87. The number of nitrogens with zero attached hydrogens (tertiary/aromatic N) is 1. The lowest BCUT2D eigenvalue weighted by molar-refractivity contribution is -0.140. The first kappa shape index (κ1) is 11.8. The molecule has 6 heteroatoms. The molecule has 5 nitrogen and oxygen atoms in total. The number of carboxylic acid groups (broad SMARTS) is 1. The average Bonchev–Trinajstić information content (AvgIpc) is 2.78. The number of carboxylic acids is 1. The quantitative estimate of drug-likeness (QED) is 0.822. The van der Waals surface area contributed by atoms with Crippen LogP contribution in [-0.2, 0) is 4.79 Å². The van der Waals surface area contributed by atoms with Crippen molar-refractivity contribution in [3.05, 3.63) is 29.8 Å². The van der Waals surface area contributed by atoms with Gasteiger partial charge in [-0.05, 0) is 24.3 Å². The Bertz CT molecular complexity index is 445. The molecule has 2 N–H and O–H groups in total. The van der Waals surface area contributed by atoms with E-state index in [0.717, 1.165) is 0 Å². The largest absolute Gasteiger partial charge is 0.508 e. The van der Waals surface area contributed by atoms with Crippen LogP contribution < -0.4 is 0 Å². The second kappa shape index (κ2) is 4.67. The number of amides is 1. The smallest absolute Gasteiger partial charge is 0.327 e. The van der Waals surface area contributed by atoms with E-state index in [1.807, 2.05) is 0 Å². The van der Waals surface area contributed by atoms with E-state index >= 15 is 0 Å². The summed E-state index contributed by atoms with van der Waals surface area (Å²) < 4.78 is 0. The maximum Gasteiger partial charge on any atom is 0.327 e. The lowest BCUT2D eigenvalue weighted by Crippen LogP contribution is -2.41. The minimum atomic E-state index is -0.984. The van der Waals surface area contributed by atoms with Crippen molar-refractivity contribution in [3.63, 3.8) is 0 Å². The van der Waals surface area contributed by atoms with Gasteiger partial charge < -0.3 is 15.1 Å². The first-order chi connectivity index (χ1) is 8.09. The summed E-state index contributed by atoms with van der Waals surface area (Å²) in [5.41, 5.74) is 0.386. The summed E-state index contributed by atoms with van der Waals surface area (Å²) >= 11 is 1.42. The van der Waals surface area contributed by atoms with E-state index in [4.69, 9.17) is 10.2 Å². The molecule has 17 heavy (non-hydrogen) atoms. The molecule has 1 fully saturated rings. The van der Waals surface area contributed by atoms with Crippen molar-refractivity contribution in [1.82, 2.24) is 4.90 Å². The summed E-state index contributed by atoms with van der Waals surface area (Å²) in [5.74, 6) is -0.424. The lowest BCUT2D eigenvalue weighted by atomic mass is 10.1. The van der Waals surface area contributed by atoms with Crippen LogP contribution in [0.2, 0.25) is 0 Å². The Hall–Kier alpha value is -1.69. The molecule has 1 saturated heterocycles. The van der Waals surface area contributed by atoms with Gasteiger partial charge in [0.25, 0.3) is 5.91 Å². The topological polar surface area (TPSA) is 77.8 Å². The predicted molar refractivity (Wildman–Crippen MR) is 63.0 cm³/mol. The Morgan fingerprint density at radius 2 is 1.94 bits per heavy atom. The van der Waals surface area contributed by atoms with E-state index < -0.39 is 12.0 Å². The standard InChI is InChI=1S/C11H11NO4S/c13-8-3-1-7(2-4-8)10(14)12-6-17-5-9(12)11(15)16/h1-4,9,13H,5-6H2,(H,15,16). The number of benzene rings is 1. The van der Waals surface area contributed by atoms with Crippen molar-refractivity contribution in [1.29, 1.82) is 0 Å². The summed E-state index contributed by atoms with van der Waals surface area (Å²) in [7, 11) is 0. The molecule has 0 bridgehead atoms. The Morgan fingerprint density at radius 3 is 2.53 bits per heavy atom. The van der Waals surface area contributed by atoms with E-state index in [-0.39, 0.29) is 11.7 Å². The molecule has 90 valence electrons. The highest BCUT2D eigenvalue weighted by Crippen LogP contribution is 2.23. The average molecular weight is 253 g/mol. The minimum absolute atomic E-state index is 0.0760. The molecule has 1 amide bonds. The van der Waals surface area contributed by atoms with Gasteiger partial charge in [0.05, 0.1) is 5.88 Å². The Kier molecular flexibility index (Phi) is 3.23. The van der Waals surface area contributed by atoms with E-state index in [0.29, 0.717) is 17.2 Å². The Balaban J connectivity index is 2.19. The lowest BCUT2D eigenvalue weighted by Gasteiger charge is -2.20. The van der Waals surface area contributed by atoms with Crippen LogP contribution in [0.4, 0.5) is 0 Å². The van der Waals surface area contributed by atoms with Crippen molar-refractivity contribution in [2.45, 2.75) is 6.04 Å². The van der Waals surface area contributed by atoms with Crippen LogP contribution in [0.3, 0.4) is 0 Å². The number of carbonyl (C=O) groups excluding carboxylic acids is 1. The van der Waals surface area contributed by atoms with Gasteiger partial charge in [0.2, 0.25) is 0 Å². The molecular weight excluding hydrogens is 242 g/mol. The fourth-order valence-corrected chi connectivity index (χ4v) is 2.76. The van der Waals surface area contributed by atoms with Crippen LogP contribution in [-0.4, -0.2) is 44.7 Å². The molecule has 1 atom stereocenters. The molecule has 0 radical (unpaired) electrons. The number of hydrogen-bond acceptors (Lipinski definition) is 4. The fraction of sp³-hybridized carbons (Fsp3) is 0.273. The van der Waals surface area contributed by atoms with Gasteiger partial charge in [-0.25, -0.2) is 4.79 Å². The minimum Gasteiger partial charge on any atom is -0.508 e. The van der Waals surface area contributed by atoms with Crippen molar-refractivity contribution >= 4 is 23.6 Å². The van der Waals surface area contributed by atoms with Crippen molar-refractivity contribution in [2.24, 2.45) is 0 Å². The summed E-state index contributed by atoms with van der Waals surface area (Å²) in [6.45, 7) is 0. The van der Waals surface area contributed by atoms with Gasteiger partial charge >= 0.3 is 5.97 Å². The van der Waals surface area contributed by atoms with E-state index in [9.17, 15) is 9.59 Å². The van der Waals surface area contributed by atoms with Crippen LogP contribution in [0.1, 0.15) is 10.4 Å². The highest BCUT2D eigenvalue weighted by atomic mass is 32.2. The Labute approximate surface area is 102 Å². The molecule has 0 spiro atoms. The van der Waals surface area contributed by atoms with Gasteiger partial charge in [-0.2, -0.15) is 0 Å². The van der Waals surface area contributed by atoms with Crippen molar-refractivity contribution in [3.8, 4) is 5.75 Å². The molecule has 0 aromatic heterocycles. The number of thioether (sulfide) groups is 1. The molecular formula is C11H11NO4S. The number of rotatable bonds is 2. The molecule has 1 heterocycles. The van der Waals surface area contributed by atoms with Gasteiger partial charge in [-0.15, -0.1) is 11.8 Å². The van der Waals surface area contributed by atoms with Gasteiger partial charge in [-0.3, -0.25) is 4.79 Å². The molecule has 1 aromatic rings. The number of aromatic hydroxyl groups is 1. The Morgan fingerprint density at radius 1 is 1.29 bits per heavy atom. The summed E-state index contributed by atoms with van der Waals surface area (Å²) in [6, 6.07) is 5.03. The number of aliphatic carboxylic acids is 1. The second-order valence-electron chi connectivity index (χ2n) is 3.68. The maximum absolute atomic E-state index is 12.0. The molecule has 1 aromatic carbocycles. The highest BCUT2D eigenvalue weighted by molar-refractivity contribution is 7.99. The summed E-state index contributed by atoms with van der Waals surface area (Å²) in [6.07, 6.45) is 0. The monoisotopic (exact) mass is 253 g/mol.